The first-order valence-corrected chi connectivity index (χ1v) is 5.63. The smallest absolute Gasteiger partial charge is 0.394 e. The first kappa shape index (κ1) is 15.1. The molecule has 0 saturated carbocycles. The van der Waals surface area contributed by atoms with Gasteiger partial charge < -0.3 is 15.2 Å². The van der Waals surface area contributed by atoms with E-state index in [0.717, 1.165) is 6.07 Å². The van der Waals surface area contributed by atoms with Gasteiger partial charge >= 0.3 is 6.18 Å². The zero-order chi connectivity index (χ0) is 13.6. The molecule has 0 bridgehead atoms. The zero-order valence-corrected chi connectivity index (χ0v) is 10.2. The number of ether oxygens (including phenoxy) is 1. The summed E-state index contributed by atoms with van der Waals surface area (Å²) in [5.41, 5.74) is -0.962. The largest absolute Gasteiger partial charge is 0.418 e. The minimum atomic E-state index is -4.46. The summed E-state index contributed by atoms with van der Waals surface area (Å²) >= 11 is 5.73. The van der Waals surface area contributed by atoms with Crippen LogP contribution < -0.4 is 5.32 Å². The van der Waals surface area contributed by atoms with Crippen molar-refractivity contribution >= 4 is 17.3 Å². The molecular weight excluding hydrogens is 271 g/mol. The van der Waals surface area contributed by atoms with Crippen LogP contribution in [0, 0.1) is 0 Å². The number of nitrogens with one attached hydrogen (secondary N) is 1. The standard InChI is InChI=1S/C11H13ClF3NO2/c12-9-3-1-2-8(11(13,14)15)10(9)16-4-6-18-7-5-17/h1-3,16-17H,4-7H2. The minimum Gasteiger partial charge on any atom is -0.394 e. The summed E-state index contributed by atoms with van der Waals surface area (Å²) in [7, 11) is 0. The molecule has 102 valence electrons. The van der Waals surface area contributed by atoms with Crippen molar-refractivity contribution in [3.8, 4) is 0 Å². The van der Waals surface area contributed by atoms with Crippen molar-refractivity contribution in [1.29, 1.82) is 0 Å². The van der Waals surface area contributed by atoms with Gasteiger partial charge in [-0.2, -0.15) is 13.2 Å². The molecule has 3 nitrogen and oxygen atoms in total. The van der Waals surface area contributed by atoms with Crippen LogP contribution in [-0.4, -0.2) is 31.5 Å². The number of hydrogen-bond acceptors (Lipinski definition) is 3. The third-order valence-electron chi connectivity index (χ3n) is 2.10. The van der Waals surface area contributed by atoms with Gasteiger partial charge in [-0.15, -0.1) is 0 Å². The van der Waals surface area contributed by atoms with Crippen molar-refractivity contribution in [1.82, 2.24) is 0 Å². The van der Waals surface area contributed by atoms with Gasteiger partial charge in [-0.3, -0.25) is 0 Å². The fourth-order valence-electron chi connectivity index (χ4n) is 1.35. The van der Waals surface area contributed by atoms with Gasteiger partial charge in [0.1, 0.15) is 0 Å². The van der Waals surface area contributed by atoms with E-state index in [1.54, 1.807) is 0 Å². The van der Waals surface area contributed by atoms with Crippen LogP contribution in [0.1, 0.15) is 5.56 Å². The molecule has 0 aliphatic rings. The number of alkyl halides is 3. The summed E-state index contributed by atoms with van der Waals surface area (Å²) < 4.78 is 43.0. The molecule has 0 radical (unpaired) electrons. The molecule has 7 heteroatoms. The summed E-state index contributed by atoms with van der Waals surface area (Å²) in [5.74, 6) is 0. The van der Waals surface area contributed by atoms with E-state index in [1.165, 1.54) is 12.1 Å². The average Bonchev–Trinajstić information content (AvgIpc) is 2.29. The van der Waals surface area contributed by atoms with Crippen molar-refractivity contribution in [3.05, 3.63) is 28.8 Å². The van der Waals surface area contributed by atoms with Gasteiger partial charge in [0.15, 0.2) is 0 Å². The summed E-state index contributed by atoms with van der Waals surface area (Å²) in [6.45, 7) is 0.381. The molecule has 1 aromatic rings. The van der Waals surface area contributed by atoms with Crippen LogP contribution in [-0.2, 0) is 10.9 Å². The lowest BCUT2D eigenvalue weighted by atomic mass is 10.1. The Labute approximate surface area is 108 Å². The van der Waals surface area contributed by atoms with E-state index < -0.39 is 11.7 Å². The van der Waals surface area contributed by atoms with Crippen LogP contribution in [0.15, 0.2) is 18.2 Å². The molecule has 0 spiro atoms. The van der Waals surface area contributed by atoms with Gasteiger partial charge in [-0.05, 0) is 12.1 Å². The highest BCUT2D eigenvalue weighted by molar-refractivity contribution is 6.33. The molecule has 0 aromatic heterocycles. The van der Waals surface area contributed by atoms with E-state index in [-0.39, 0.29) is 37.1 Å². The van der Waals surface area contributed by atoms with Crippen molar-refractivity contribution in [2.24, 2.45) is 0 Å². The van der Waals surface area contributed by atoms with Crippen molar-refractivity contribution < 1.29 is 23.0 Å². The molecule has 18 heavy (non-hydrogen) atoms. The highest BCUT2D eigenvalue weighted by Gasteiger charge is 2.34. The number of aliphatic hydroxyl groups excluding tert-OH is 1. The number of aliphatic hydroxyl groups is 1. The van der Waals surface area contributed by atoms with Gasteiger partial charge in [0.2, 0.25) is 0 Å². The van der Waals surface area contributed by atoms with Crippen molar-refractivity contribution in [2.75, 3.05) is 31.7 Å². The molecular formula is C11H13ClF3NO2. The maximum Gasteiger partial charge on any atom is 0.418 e. The number of anilines is 1. The summed E-state index contributed by atoms with van der Waals surface area (Å²) in [6.07, 6.45) is -4.46. The van der Waals surface area contributed by atoms with E-state index >= 15 is 0 Å². The molecule has 0 heterocycles. The van der Waals surface area contributed by atoms with Crippen LogP contribution in [0.2, 0.25) is 5.02 Å². The molecule has 1 aromatic carbocycles. The number of para-hydroxylation sites is 1. The number of hydrogen-bond donors (Lipinski definition) is 2. The minimum absolute atomic E-state index is 0.00647. The van der Waals surface area contributed by atoms with Crippen LogP contribution in [0.3, 0.4) is 0 Å². The van der Waals surface area contributed by atoms with E-state index in [0.29, 0.717) is 0 Å². The first-order valence-electron chi connectivity index (χ1n) is 5.25. The summed E-state index contributed by atoms with van der Waals surface area (Å²) in [6, 6.07) is 3.59. The highest BCUT2D eigenvalue weighted by atomic mass is 35.5. The summed E-state index contributed by atoms with van der Waals surface area (Å²) in [4.78, 5) is 0. The van der Waals surface area contributed by atoms with E-state index in [4.69, 9.17) is 21.4 Å². The molecule has 0 amide bonds. The Bertz CT molecular complexity index is 385. The fraction of sp³-hybridized carbons (Fsp3) is 0.455. The second-order valence-corrected chi connectivity index (χ2v) is 3.83. The van der Waals surface area contributed by atoms with Crippen LogP contribution in [0.5, 0.6) is 0 Å². The molecule has 0 aliphatic carbocycles. The molecule has 2 N–H and O–H groups in total. The van der Waals surface area contributed by atoms with Crippen LogP contribution >= 0.6 is 11.6 Å². The lowest BCUT2D eigenvalue weighted by Gasteiger charge is -2.15. The molecule has 0 atom stereocenters. The fourth-order valence-corrected chi connectivity index (χ4v) is 1.60. The van der Waals surface area contributed by atoms with Crippen LogP contribution in [0.4, 0.5) is 18.9 Å². The average molecular weight is 284 g/mol. The first-order chi connectivity index (χ1) is 8.46. The van der Waals surface area contributed by atoms with Gasteiger partial charge in [0.25, 0.3) is 0 Å². The second kappa shape index (κ2) is 6.82. The number of rotatable bonds is 6. The Kier molecular flexibility index (Phi) is 5.71. The predicted octanol–water partition coefficient (Wildman–Crippen LogP) is 2.78. The van der Waals surface area contributed by atoms with Gasteiger partial charge in [-0.1, -0.05) is 17.7 Å². The van der Waals surface area contributed by atoms with E-state index in [2.05, 4.69) is 5.32 Å². The van der Waals surface area contributed by atoms with Gasteiger partial charge in [0.05, 0.1) is 36.1 Å². The molecule has 0 aliphatic heterocycles. The van der Waals surface area contributed by atoms with E-state index in [1.807, 2.05) is 0 Å². The second-order valence-electron chi connectivity index (χ2n) is 3.42. The third kappa shape index (κ3) is 4.36. The maximum atomic E-state index is 12.7. The Morgan fingerprint density at radius 3 is 2.61 bits per heavy atom. The molecule has 0 fully saturated rings. The normalized spacial score (nSPS) is 11.6. The quantitative estimate of drug-likeness (QED) is 0.789. The highest BCUT2D eigenvalue weighted by Crippen LogP contribution is 2.38. The lowest BCUT2D eigenvalue weighted by molar-refractivity contribution is -0.136. The van der Waals surface area contributed by atoms with Crippen LogP contribution in [0.25, 0.3) is 0 Å². The third-order valence-corrected chi connectivity index (χ3v) is 2.42. The Morgan fingerprint density at radius 1 is 1.28 bits per heavy atom. The SMILES string of the molecule is OCCOCCNc1c(Cl)cccc1C(F)(F)F. The van der Waals surface area contributed by atoms with Crippen molar-refractivity contribution in [2.45, 2.75) is 6.18 Å². The molecule has 1 rings (SSSR count). The molecule has 0 unspecified atom stereocenters. The van der Waals surface area contributed by atoms with Crippen molar-refractivity contribution in [3.63, 3.8) is 0 Å². The monoisotopic (exact) mass is 283 g/mol. The Balaban J connectivity index is 2.69. The number of halogens is 4. The summed E-state index contributed by atoms with van der Waals surface area (Å²) in [5, 5.41) is 11.1. The number of benzene rings is 1. The van der Waals surface area contributed by atoms with Gasteiger partial charge in [0, 0.05) is 6.54 Å². The van der Waals surface area contributed by atoms with Gasteiger partial charge in [-0.25, -0.2) is 0 Å². The topological polar surface area (TPSA) is 41.5 Å². The van der Waals surface area contributed by atoms with E-state index in [9.17, 15) is 13.2 Å². The molecule has 0 saturated heterocycles. The predicted molar refractivity (Wildman–Crippen MR) is 62.8 cm³/mol. The zero-order valence-electron chi connectivity index (χ0n) is 9.43. The lowest BCUT2D eigenvalue weighted by Crippen LogP contribution is -2.15. The Hall–Kier alpha value is -0.980. The Morgan fingerprint density at radius 2 is 2.00 bits per heavy atom. The maximum absolute atomic E-state index is 12.7.